The summed E-state index contributed by atoms with van der Waals surface area (Å²) < 4.78 is 33.7. The Bertz CT molecular complexity index is 1420. The van der Waals surface area contributed by atoms with Crippen LogP contribution in [0.5, 0.6) is 23.0 Å². The van der Waals surface area contributed by atoms with E-state index in [1.165, 1.54) is 0 Å². The number of hydrogen-bond acceptors (Lipinski definition) is 8. The highest BCUT2D eigenvalue weighted by atomic mass is 35.5. The first-order chi connectivity index (χ1) is 23.2. The molecule has 0 N–H and O–H groups in total. The third-order valence-electron chi connectivity index (χ3n) is 7.10. The van der Waals surface area contributed by atoms with E-state index in [0.717, 1.165) is 35.5 Å². The van der Waals surface area contributed by atoms with Gasteiger partial charge in [0.15, 0.2) is 12.2 Å². The molecule has 0 saturated heterocycles. The maximum Gasteiger partial charge on any atom is 0.347 e. The van der Waals surface area contributed by atoms with Crippen LogP contribution in [0.1, 0.15) is 50.7 Å². The van der Waals surface area contributed by atoms with E-state index in [-0.39, 0.29) is 0 Å². The van der Waals surface area contributed by atoms with Gasteiger partial charge in [-0.25, -0.2) is 9.59 Å². The van der Waals surface area contributed by atoms with E-state index in [4.69, 9.17) is 51.6 Å². The fourth-order valence-electron chi connectivity index (χ4n) is 4.37. The number of halogens is 2. The lowest BCUT2D eigenvalue weighted by Gasteiger charge is -2.15. The van der Waals surface area contributed by atoms with Gasteiger partial charge in [-0.3, -0.25) is 0 Å². The lowest BCUT2D eigenvalue weighted by atomic mass is 10.2. The van der Waals surface area contributed by atoms with E-state index in [1.54, 1.807) is 62.4 Å². The maximum absolute atomic E-state index is 12.4. The molecule has 0 amide bonds. The zero-order valence-electron chi connectivity index (χ0n) is 27.1. The summed E-state index contributed by atoms with van der Waals surface area (Å²) in [5.74, 6) is 1.75. The Kier molecular flexibility index (Phi) is 14.7. The Hall–Kier alpha value is -4.40. The van der Waals surface area contributed by atoms with Crippen molar-refractivity contribution in [2.45, 2.75) is 65.0 Å². The second-order valence-electron chi connectivity index (χ2n) is 11.0. The Morgan fingerprint density at radius 1 is 0.500 bits per heavy atom. The number of rotatable bonds is 19. The summed E-state index contributed by atoms with van der Waals surface area (Å²) in [6.07, 6.45) is 1.59. The second kappa shape index (κ2) is 19.4. The van der Waals surface area contributed by atoms with E-state index < -0.39 is 24.1 Å². The normalized spacial score (nSPS) is 12.0. The summed E-state index contributed by atoms with van der Waals surface area (Å²) in [5.41, 5.74) is 1.93. The van der Waals surface area contributed by atoms with E-state index >= 15 is 0 Å². The topological polar surface area (TPSA) is 89.5 Å². The van der Waals surface area contributed by atoms with E-state index in [1.807, 2.05) is 48.5 Å². The molecule has 0 heterocycles. The second-order valence-corrected chi connectivity index (χ2v) is 11.9. The predicted molar refractivity (Wildman–Crippen MR) is 185 cm³/mol. The molecule has 0 aromatic heterocycles. The first-order valence-corrected chi connectivity index (χ1v) is 16.6. The molecule has 0 aliphatic rings. The molecule has 2 atom stereocenters. The molecular weight excluding hydrogens is 655 g/mol. The van der Waals surface area contributed by atoms with Gasteiger partial charge < -0.3 is 28.4 Å². The summed E-state index contributed by atoms with van der Waals surface area (Å²) in [7, 11) is 0. The van der Waals surface area contributed by atoms with Crippen LogP contribution in [-0.4, -0.2) is 37.4 Å². The van der Waals surface area contributed by atoms with Crippen LogP contribution in [0.15, 0.2) is 97.1 Å². The van der Waals surface area contributed by atoms with Gasteiger partial charge in [0.1, 0.15) is 36.2 Å². The Morgan fingerprint density at radius 3 is 1.19 bits per heavy atom. The van der Waals surface area contributed by atoms with E-state index in [9.17, 15) is 9.59 Å². The Balaban J connectivity index is 1.01. The van der Waals surface area contributed by atoms with Gasteiger partial charge in [0.05, 0.1) is 13.2 Å². The van der Waals surface area contributed by atoms with Gasteiger partial charge in [0.25, 0.3) is 0 Å². The van der Waals surface area contributed by atoms with Gasteiger partial charge in [-0.05, 0) is 123 Å². The molecule has 4 aromatic carbocycles. The number of benzene rings is 4. The zero-order chi connectivity index (χ0) is 34.1. The van der Waals surface area contributed by atoms with Gasteiger partial charge in [-0.1, -0.05) is 47.5 Å². The smallest absolute Gasteiger partial charge is 0.347 e. The molecule has 4 rings (SSSR count). The van der Waals surface area contributed by atoms with Crippen molar-refractivity contribution in [1.82, 2.24) is 0 Å². The largest absolute Gasteiger partial charge is 0.489 e. The van der Waals surface area contributed by atoms with Crippen LogP contribution in [0.2, 0.25) is 10.0 Å². The molecule has 0 fully saturated rings. The standard InChI is InChI=1S/C38H40Cl2O8/c1-27(47-35-15-7-29(8-16-35)25-45-33-19-11-31(39)12-20-33)37(41)43-23-5-3-4-6-24-44-38(42)28(2)48-36-17-9-30(10-18-36)26-46-34-21-13-32(40)14-22-34/h7-22,27-28H,3-6,23-26H2,1-2H3. The third-order valence-corrected chi connectivity index (χ3v) is 7.61. The van der Waals surface area contributed by atoms with Crippen molar-refractivity contribution >= 4 is 35.1 Å². The number of carbonyl (C=O) groups is 2. The number of unbranched alkanes of at least 4 members (excludes halogenated alkanes) is 3. The van der Waals surface area contributed by atoms with Crippen molar-refractivity contribution in [2.75, 3.05) is 13.2 Å². The number of ether oxygens (including phenoxy) is 6. The fourth-order valence-corrected chi connectivity index (χ4v) is 4.62. The van der Waals surface area contributed by atoms with Crippen LogP contribution in [0.25, 0.3) is 0 Å². The first-order valence-electron chi connectivity index (χ1n) is 15.9. The van der Waals surface area contributed by atoms with E-state index in [0.29, 0.717) is 60.8 Å². The summed E-state index contributed by atoms with van der Waals surface area (Å²) in [6.45, 7) is 4.71. The molecule has 2 unspecified atom stereocenters. The fraction of sp³-hybridized carbons (Fsp3) is 0.316. The molecule has 10 heteroatoms. The molecule has 0 spiro atoms. The molecule has 0 radical (unpaired) electrons. The summed E-state index contributed by atoms with van der Waals surface area (Å²) in [4.78, 5) is 24.7. The van der Waals surface area contributed by atoms with Crippen LogP contribution < -0.4 is 18.9 Å². The molecule has 0 aliphatic carbocycles. The van der Waals surface area contributed by atoms with E-state index in [2.05, 4.69) is 0 Å². The van der Waals surface area contributed by atoms with Crippen LogP contribution in [0, 0.1) is 0 Å². The Morgan fingerprint density at radius 2 is 0.833 bits per heavy atom. The van der Waals surface area contributed by atoms with Gasteiger partial charge in [-0.15, -0.1) is 0 Å². The van der Waals surface area contributed by atoms with Crippen molar-refractivity contribution in [3.05, 3.63) is 118 Å². The van der Waals surface area contributed by atoms with Crippen molar-refractivity contribution in [2.24, 2.45) is 0 Å². The quantitative estimate of drug-likeness (QED) is 0.0710. The first kappa shape index (κ1) is 36.4. The van der Waals surface area contributed by atoms with Crippen LogP contribution in [0.3, 0.4) is 0 Å². The average Bonchev–Trinajstić information content (AvgIpc) is 3.10. The lowest BCUT2D eigenvalue weighted by molar-refractivity contribution is -0.152. The predicted octanol–water partition coefficient (Wildman–Crippen LogP) is 9.03. The van der Waals surface area contributed by atoms with Crippen molar-refractivity contribution in [3.8, 4) is 23.0 Å². The third kappa shape index (κ3) is 13.0. The highest BCUT2D eigenvalue weighted by Crippen LogP contribution is 2.21. The highest BCUT2D eigenvalue weighted by molar-refractivity contribution is 6.30. The SMILES string of the molecule is CC(Oc1ccc(COc2ccc(Cl)cc2)cc1)C(=O)OCCCCCCOC(=O)C(C)Oc1ccc(COc2ccc(Cl)cc2)cc1. The average molecular weight is 696 g/mol. The van der Waals surface area contributed by atoms with Crippen molar-refractivity contribution in [1.29, 1.82) is 0 Å². The zero-order valence-corrected chi connectivity index (χ0v) is 28.6. The Labute approximate surface area is 291 Å². The molecular formula is C38H40Cl2O8. The molecule has 48 heavy (non-hydrogen) atoms. The van der Waals surface area contributed by atoms with Gasteiger partial charge in [-0.2, -0.15) is 0 Å². The highest BCUT2D eigenvalue weighted by Gasteiger charge is 2.17. The summed E-state index contributed by atoms with van der Waals surface area (Å²) in [6, 6.07) is 29.1. The minimum atomic E-state index is -0.739. The number of hydrogen-bond donors (Lipinski definition) is 0. The maximum atomic E-state index is 12.4. The number of carbonyl (C=O) groups excluding carboxylic acids is 2. The van der Waals surface area contributed by atoms with Gasteiger partial charge >= 0.3 is 11.9 Å². The van der Waals surface area contributed by atoms with Crippen LogP contribution >= 0.6 is 23.2 Å². The van der Waals surface area contributed by atoms with Crippen molar-refractivity contribution < 1.29 is 38.0 Å². The van der Waals surface area contributed by atoms with Gasteiger partial charge in [0, 0.05) is 10.0 Å². The monoisotopic (exact) mass is 694 g/mol. The van der Waals surface area contributed by atoms with Gasteiger partial charge in [0.2, 0.25) is 0 Å². The molecule has 8 nitrogen and oxygen atoms in total. The molecule has 4 aromatic rings. The molecule has 0 bridgehead atoms. The molecule has 0 saturated carbocycles. The minimum absolute atomic E-state index is 0.296. The van der Waals surface area contributed by atoms with Crippen LogP contribution in [0.4, 0.5) is 0 Å². The van der Waals surface area contributed by atoms with Crippen LogP contribution in [-0.2, 0) is 32.3 Å². The molecule has 0 aliphatic heterocycles. The minimum Gasteiger partial charge on any atom is -0.489 e. The summed E-state index contributed by atoms with van der Waals surface area (Å²) >= 11 is 11.8. The molecule has 254 valence electrons. The summed E-state index contributed by atoms with van der Waals surface area (Å²) in [5, 5.41) is 1.31. The van der Waals surface area contributed by atoms with Crippen molar-refractivity contribution in [3.63, 3.8) is 0 Å². The lowest BCUT2D eigenvalue weighted by Crippen LogP contribution is -2.26. The number of esters is 2.